The number of hydrogen-bond donors (Lipinski definition) is 9. The van der Waals surface area contributed by atoms with Gasteiger partial charge in [-0.15, -0.1) is 0 Å². The standard InChI is InChI=1S/C83H74N14O15S3/c1-41-33-43(21-25-55(41)88-82-92-64(90-80(84)94-82)37-45-23-31-63(115(110,111)112)59(36-45)87-58-28-30-61-71-67(52-18-9-11-20-54(52)77(101)69(58)71)73(79(103)97(61)4)75(99)47-15-12-16-50(39-47)113(104,105)106)35-44-22-26-56(42(2)34-44)89-83-93-65(91-81(85)95-83)40-48-38-49(24-32-62(48)114(107,108)109)86-57-27-29-60-70-66(51-17-8-10-19-53(51)76(100)68(57)70)72(78(102)96(60)3)74(98)46-13-6-5-7-14-46/h5-20,23-24,27-32,36,38-39,41-44,55-56,86-87H,21-22,25-26,33-35,37,40H2,1-4H3,(H,104,105,106)(H,107,108,109)(H,110,111,112)(H3,84,88,90,92,94)(H3,85,89,91,93,95). The summed E-state index contributed by atoms with van der Waals surface area (Å²) in [5, 5.41) is 13.9. The van der Waals surface area contributed by atoms with Crippen molar-refractivity contribution >= 4 is 122 Å². The van der Waals surface area contributed by atoms with Crippen molar-refractivity contribution in [3.05, 3.63) is 252 Å². The molecule has 0 saturated heterocycles. The quantitative estimate of drug-likeness (QED) is 0.0238. The minimum atomic E-state index is -4.95. The van der Waals surface area contributed by atoms with E-state index in [2.05, 4.69) is 55.1 Å². The molecule has 0 radical (unpaired) electrons. The van der Waals surface area contributed by atoms with Crippen LogP contribution in [0.2, 0.25) is 0 Å². The summed E-state index contributed by atoms with van der Waals surface area (Å²) < 4.78 is 110. The van der Waals surface area contributed by atoms with Crippen molar-refractivity contribution in [1.29, 1.82) is 0 Å². The summed E-state index contributed by atoms with van der Waals surface area (Å²) >= 11 is 0. The summed E-state index contributed by atoms with van der Waals surface area (Å²) in [6.07, 6.45) is 6.06. The van der Waals surface area contributed by atoms with Gasteiger partial charge in [0, 0.05) is 88.9 Å². The number of nitrogens with zero attached hydrogens (tertiary/aromatic N) is 8. The van der Waals surface area contributed by atoms with Gasteiger partial charge in [-0.2, -0.15) is 55.2 Å². The Morgan fingerprint density at radius 3 is 1.46 bits per heavy atom. The average molecular weight is 1600 g/mol. The van der Waals surface area contributed by atoms with Crippen LogP contribution in [-0.4, -0.2) is 113 Å². The molecule has 6 unspecified atom stereocenters. The number of nitrogens with two attached hydrogens (primary N) is 2. The molecule has 2 saturated carbocycles. The Hall–Kier alpha value is -12.6. The number of nitrogens with one attached hydrogen (secondary N) is 4. The number of rotatable bonds is 21. The number of benzene rings is 8. The summed E-state index contributed by atoms with van der Waals surface area (Å²) in [5.41, 5.74) is 14.2. The van der Waals surface area contributed by atoms with Crippen LogP contribution in [0.3, 0.4) is 0 Å². The molecule has 8 aromatic carbocycles. The second-order valence-electron chi connectivity index (χ2n) is 29.9. The highest BCUT2D eigenvalue weighted by atomic mass is 32.2. The highest BCUT2D eigenvalue weighted by Crippen LogP contribution is 2.48. The van der Waals surface area contributed by atoms with Crippen LogP contribution in [0.15, 0.2) is 188 Å². The molecule has 6 atom stereocenters. The zero-order valence-electron chi connectivity index (χ0n) is 62.1. The molecule has 11 N–H and O–H groups in total. The number of aryl methyl sites for hydroxylation is 2. The van der Waals surface area contributed by atoms with Crippen LogP contribution in [-0.2, 0) is 57.3 Å². The molecule has 4 aromatic heterocycles. The summed E-state index contributed by atoms with van der Waals surface area (Å²) in [6.45, 7) is 4.36. The fourth-order valence-corrected chi connectivity index (χ4v) is 19.1. The Morgan fingerprint density at radius 1 is 0.470 bits per heavy atom. The lowest BCUT2D eigenvalue weighted by Crippen LogP contribution is -2.37. The maximum absolute atomic E-state index is 14.8. The van der Waals surface area contributed by atoms with Crippen molar-refractivity contribution < 1.29 is 58.1 Å². The van der Waals surface area contributed by atoms with Gasteiger partial charge in [0.15, 0.2) is 23.1 Å². The lowest BCUT2D eigenvalue weighted by Gasteiger charge is -2.39. The molecule has 4 heterocycles. The van der Waals surface area contributed by atoms with Crippen LogP contribution in [0, 0.1) is 23.7 Å². The third kappa shape index (κ3) is 14.4. The number of nitrogen functional groups attached to an aromatic ring is 2. The summed E-state index contributed by atoms with van der Waals surface area (Å²) in [6, 6.07) is 40.6. The molecule has 29 nitrogen and oxygen atoms in total. The van der Waals surface area contributed by atoms with Gasteiger partial charge in [0.1, 0.15) is 16.5 Å². The number of hydrogen-bond acceptors (Lipinski definition) is 24. The van der Waals surface area contributed by atoms with Crippen molar-refractivity contribution in [2.45, 2.75) is 98.4 Å². The van der Waals surface area contributed by atoms with Gasteiger partial charge in [0.05, 0.1) is 60.1 Å². The number of fused-ring (bicyclic) bond motifs is 4. The summed E-state index contributed by atoms with van der Waals surface area (Å²) in [4.78, 5) is 113. The van der Waals surface area contributed by atoms with Gasteiger partial charge in [-0.05, 0) is 158 Å². The second-order valence-corrected chi connectivity index (χ2v) is 34.1. The van der Waals surface area contributed by atoms with E-state index in [1.165, 1.54) is 82.9 Å². The SMILES string of the molecule is CC1CC(CC2CCC(Nc3nc(N)nc(Cc4cc(Nc5ccc6c7c5C(=O)c5ccccc5-c7c(C(=O)c5ccccc5)c(=O)n6C)ccc4S(=O)(=O)O)n3)C(C)C2)CCC1Nc1nc(N)nc(Cc2ccc(S(=O)(=O)O)c(Nc3ccc4c5c3C(=O)c3ccccc3-c5c(C(=O)c3cccc(S(=O)(=O)O)c3)c(=O)n4C)c2)n1. The Balaban J connectivity index is 0.577. The molecule has 0 bridgehead atoms. The zero-order chi connectivity index (χ0) is 81.0. The van der Waals surface area contributed by atoms with Crippen molar-refractivity contribution in [1.82, 2.24) is 39.0 Å². The highest BCUT2D eigenvalue weighted by molar-refractivity contribution is 7.86. The van der Waals surface area contributed by atoms with Crippen molar-refractivity contribution in [2.24, 2.45) is 37.8 Å². The normalized spacial score (nSPS) is 17.9. The van der Waals surface area contributed by atoms with E-state index < -0.39 is 79.1 Å². The van der Waals surface area contributed by atoms with Crippen LogP contribution < -0.4 is 43.9 Å². The predicted octanol–water partition coefficient (Wildman–Crippen LogP) is 11.7. The van der Waals surface area contributed by atoms with Gasteiger partial charge >= 0.3 is 0 Å². The molecule has 115 heavy (non-hydrogen) atoms. The maximum atomic E-state index is 14.8. The van der Waals surface area contributed by atoms with Crippen LogP contribution in [0.1, 0.15) is 145 Å². The number of carbonyl (C=O) groups is 4. The average Bonchev–Trinajstić information content (AvgIpc) is 0.711. The first-order valence-electron chi connectivity index (χ1n) is 37.0. The van der Waals surface area contributed by atoms with Crippen LogP contribution in [0.5, 0.6) is 0 Å². The van der Waals surface area contributed by atoms with E-state index in [-0.39, 0.29) is 150 Å². The second kappa shape index (κ2) is 29.4. The lowest BCUT2D eigenvalue weighted by atomic mass is 9.70. The number of ketones is 4. The van der Waals surface area contributed by atoms with Crippen molar-refractivity contribution in [2.75, 3.05) is 32.7 Å². The van der Waals surface area contributed by atoms with E-state index in [0.29, 0.717) is 56.4 Å². The van der Waals surface area contributed by atoms with Crippen LogP contribution >= 0.6 is 0 Å². The van der Waals surface area contributed by atoms with E-state index in [1.54, 1.807) is 92.0 Å². The molecular formula is C83H74N14O15S3. The van der Waals surface area contributed by atoms with Crippen LogP contribution in [0.25, 0.3) is 44.1 Å². The molecule has 0 amide bonds. The predicted molar refractivity (Wildman–Crippen MR) is 431 cm³/mol. The fourth-order valence-electron chi connectivity index (χ4n) is 17.2. The van der Waals surface area contributed by atoms with Crippen molar-refractivity contribution in [3.8, 4) is 22.3 Å². The van der Waals surface area contributed by atoms with Gasteiger partial charge in [-0.3, -0.25) is 42.4 Å². The van der Waals surface area contributed by atoms with Gasteiger partial charge in [0.2, 0.25) is 23.8 Å². The van der Waals surface area contributed by atoms with Gasteiger partial charge < -0.3 is 41.9 Å². The first-order chi connectivity index (χ1) is 54.8. The van der Waals surface area contributed by atoms with Crippen molar-refractivity contribution in [3.63, 3.8) is 0 Å². The Morgan fingerprint density at radius 2 is 0.948 bits per heavy atom. The van der Waals surface area contributed by atoms with Gasteiger partial charge in [0.25, 0.3) is 41.5 Å². The molecule has 584 valence electrons. The smallest absolute Gasteiger partial charge is 0.296 e. The molecular weight excluding hydrogens is 1530 g/mol. The minimum Gasteiger partial charge on any atom is -0.368 e. The zero-order valence-corrected chi connectivity index (χ0v) is 64.6. The molecule has 2 fully saturated rings. The van der Waals surface area contributed by atoms with E-state index in [0.717, 1.165) is 57.1 Å². The summed E-state index contributed by atoms with van der Waals surface area (Å²) in [7, 11) is -11.6. The third-order valence-corrected chi connectivity index (χ3v) is 25.2. The van der Waals surface area contributed by atoms with Gasteiger partial charge in [-0.1, -0.05) is 111 Å². The largest absolute Gasteiger partial charge is 0.368 e. The maximum Gasteiger partial charge on any atom is 0.296 e. The molecule has 4 aliphatic rings. The molecule has 0 aliphatic heterocycles. The Kier molecular flexibility index (Phi) is 19.5. The van der Waals surface area contributed by atoms with Gasteiger partial charge in [-0.25, -0.2) is 0 Å². The molecule has 4 aliphatic carbocycles. The van der Waals surface area contributed by atoms with E-state index >= 15 is 0 Å². The molecule has 32 heteroatoms. The third-order valence-electron chi connectivity index (χ3n) is 22.5. The molecule has 12 aromatic rings. The number of anilines is 8. The number of carbonyl (C=O) groups excluding carboxylic acids is 4. The van der Waals surface area contributed by atoms with E-state index in [9.17, 15) is 67.7 Å². The minimum absolute atomic E-state index is 0.0104. The Bertz CT molecular complexity index is 6680. The lowest BCUT2D eigenvalue weighted by molar-refractivity contribution is 0.102. The number of aromatic nitrogens is 8. The first kappa shape index (κ1) is 76.4. The number of pyridine rings is 2. The first-order valence-corrected chi connectivity index (χ1v) is 41.3. The highest BCUT2D eigenvalue weighted by Gasteiger charge is 2.39. The summed E-state index contributed by atoms with van der Waals surface area (Å²) in [5.74, 6) is -0.535. The molecule has 16 rings (SSSR count). The fraction of sp³-hybridized carbons (Fsp3) is 0.229. The van der Waals surface area contributed by atoms with Crippen LogP contribution in [0.4, 0.5) is 46.5 Å². The topological polar surface area (TPSA) is 453 Å². The monoisotopic (exact) mass is 1600 g/mol. The molecule has 0 spiro atoms. The van der Waals surface area contributed by atoms with E-state index in [4.69, 9.17) is 21.4 Å². The Labute approximate surface area is 658 Å². The van der Waals surface area contributed by atoms with E-state index in [1.807, 2.05) is 0 Å².